The van der Waals surface area contributed by atoms with Crippen LogP contribution in [0.2, 0.25) is 0 Å². The minimum absolute atomic E-state index is 0.185. The fraction of sp³-hybridized carbons (Fsp3) is 0.300. The Balaban J connectivity index is 1.69. The number of hydrogen-bond donors (Lipinski definition) is 1. The van der Waals surface area contributed by atoms with Crippen LogP contribution in [-0.4, -0.2) is 37.1 Å². The smallest absolute Gasteiger partial charge is 0.325 e. The maximum Gasteiger partial charge on any atom is 0.325 e. The first-order valence-corrected chi connectivity index (χ1v) is 8.43. The van der Waals surface area contributed by atoms with Crippen LogP contribution < -0.4 is 14.8 Å². The van der Waals surface area contributed by atoms with Crippen molar-refractivity contribution in [1.82, 2.24) is 10.2 Å². The first kappa shape index (κ1) is 17.8. The zero-order chi connectivity index (χ0) is 18.7. The third-order valence-corrected chi connectivity index (χ3v) is 4.61. The molecule has 0 aliphatic carbocycles. The second-order valence-electron chi connectivity index (χ2n) is 6.35. The maximum absolute atomic E-state index is 12.9. The Hall–Kier alpha value is -3.02. The average Bonchev–Trinajstić information content (AvgIpc) is 2.87. The molecule has 0 radical (unpaired) electrons. The lowest BCUT2D eigenvalue weighted by molar-refractivity contribution is -0.131. The van der Waals surface area contributed by atoms with E-state index in [1.165, 1.54) is 4.90 Å². The van der Waals surface area contributed by atoms with Gasteiger partial charge >= 0.3 is 6.03 Å². The van der Waals surface area contributed by atoms with Crippen LogP contribution in [0, 0.1) is 6.92 Å². The molecular weight excluding hydrogens is 332 g/mol. The number of methoxy groups -OCH3 is 1. The summed E-state index contributed by atoms with van der Waals surface area (Å²) in [6.45, 7) is 4.08. The van der Waals surface area contributed by atoms with Crippen LogP contribution in [0.4, 0.5) is 4.79 Å². The maximum atomic E-state index is 12.9. The number of carbonyl (C=O) groups is 2. The highest BCUT2D eigenvalue weighted by Gasteiger charge is 2.48. The van der Waals surface area contributed by atoms with E-state index in [-0.39, 0.29) is 19.1 Å². The van der Waals surface area contributed by atoms with Crippen LogP contribution in [0.15, 0.2) is 48.5 Å². The third kappa shape index (κ3) is 3.22. The number of para-hydroxylation sites is 1. The fourth-order valence-electron chi connectivity index (χ4n) is 2.99. The topological polar surface area (TPSA) is 67.9 Å². The Morgan fingerprint density at radius 2 is 1.77 bits per heavy atom. The third-order valence-electron chi connectivity index (χ3n) is 4.61. The molecule has 3 amide bonds. The van der Waals surface area contributed by atoms with Crippen LogP contribution in [0.1, 0.15) is 18.1 Å². The number of imide groups is 1. The summed E-state index contributed by atoms with van der Waals surface area (Å²) < 4.78 is 10.8. The standard InChI is InChI=1S/C20H22N2O4/c1-14-6-4-5-7-17(14)26-13-12-22-18(23)20(2,21-19(22)24)15-8-10-16(25-3)11-9-15/h4-11H,12-13H2,1-3H3,(H,21,24)/t20-/m1/s1. The van der Waals surface area contributed by atoms with Crippen LogP contribution in [0.5, 0.6) is 11.5 Å². The molecule has 2 aromatic rings. The van der Waals surface area contributed by atoms with E-state index in [9.17, 15) is 9.59 Å². The minimum atomic E-state index is -1.09. The van der Waals surface area contributed by atoms with E-state index in [2.05, 4.69) is 5.32 Å². The van der Waals surface area contributed by atoms with Crippen LogP contribution in [-0.2, 0) is 10.3 Å². The summed E-state index contributed by atoms with van der Waals surface area (Å²) in [4.78, 5) is 26.4. The van der Waals surface area contributed by atoms with Crippen molar-refractivity contribution < 1.29 is 19.1 Å². The van der Waals surface area contributed by atoms with Gasteiger partial charge < -0.3 is 14.8 Å². The SMILES string of the molecule is COc1ccc([C@@]2(C)NC(=O)N(CCOc3ccccc3C)C2=O)cc1. The monoisotopic (exact) mass is 354 g/mol. The zero-order valence-corrected chi connectivity index (χ0v) is 15.1. The highest BCUT2D eigenvalue weighted by molar-refractivity contribution is 6.07. The van der Waals surface area contributed by atoms with Crippen LogP contribution >= 0.6 is 0 Å². The first-order chi connectivity index (χ1) is 12.5. The molecule has 136 valence electrons. The number of amides is 3. The molecular formula is C20H22N2O4. The van der Waals surface area contributed by atoms with Gasteiger partial charge in [-0.3, -0.25) is 9.69 Å². The zero-order valence-electron chi connectivity index (χ0n) is 15.1. The number of rotatable bonds is 6. The predicted octanol–water partition coefficient (Wildman–Crippen LogP) is 2.85. The van der Waals surface area contributed by atoms with Gasteiger partial charge in [0.25, 0.3) is 5.91 Å². The highest BCUT2D eigenvalue weighted by atomic mass is 16.5. The molecule has 1 heterocycles. The van der Waals surface area contributed by atoms with E-state index in [1.54, 1.807) is 38.3 Å². The summed E-state index contributed by atoms with van der Waals surface area (Å²) in [5.74, 6) is 1.15. The Morgan fingerprint density at radius 3 is 2.42 bits per heavy atom. The summed E-state index contributed by atoms with van der Waals surface area (Å²) in [6, 6.07) is 14.3. The van der Waals surface area contributed by atoms with Gasteiger partial charge in [0.05, 0.1) is 13.7 Å². The summed E-state index contributed by atoms with van der Waals surface area (Å²) in [5, 5.41) is 2.79. The molecule has 0 unspecified atom stereocenters. The molecule has 1 N–H and O–H groups in total. The van der Waals surface area contributed by atoms with Gasteiger partial charge in [-0.05, 0) is 43.2 Å². The van der Waals surface area contributed by atoms with E-state index in [0.717, 1.165) is 11.3 Å². The molecule has 1 atom stereocenters. The lowest BCUT2D eigenvalue weighted by atomic mass is 9.92. The Bertz CT molecular complexity index is 819. The average molecular weight is 354 g/mol. The predicted molar refractivity (Wildman–Crippen MR) is 97.3 cm³/mol. The van der Waals surface area contributed by atoms with Crippen molar-refractivity contribution in [2.45, 2.75) is 19.4 Å². The molecule has 26 heavy (non-hydrogen) atoms. The molecule has 0 spiro atoms. The molecule has 1 aliphatic heterocycles. The molecule has 1 saturated heterocycles. The number of urea groups is 1. The van der Waals surface area contributed by atoms with Gasteiger partial charge in [0.1, 0.15) is 23.6 Å². The highest BCUT2D eigenvalue weighted by Crippen LogP contribution is 2.30. The molecule has 3 rings (SSSR count). The van der Waals surface area contributed by atoms with Crippen molar-refractivity contribution in [2.75, 3.05) is 20.3 Å². The molecule has 0 aromatic heterocycles. The van der Waals surface area contributed by atoms with Gasteiger partial charge in [-0.25, -0.2) is 4.79 Å². The van der Waals surface area contributed by atoms with Crippen molar-refractivity contribution in [2.24, 2.45) is 0 Å². The second kappa shape index (κ2) is 7.07. The Kier molecular flexibility index (Phi) is 4.84. The quantitative estimate of drug-likeness (QED) is 0.810. The van der Waals surface area contributed by atoms with Gasteiger partial charge in [0.15, 0.2) is 0 Å². The van der Waals surface area contributed by atoms with E-state index < -0.39 is 11.6 Å². The Labute approximate surface area is 152 Å². The first-order valence-electron chi connectivity index (χ1n) is 8.43. The fourth-order valence-corrected chi connectivity index (χ4v) is 2.99. The summed E-state index contributed by atoms with van der Waals surface area (Å²) >= 11 is 0. The lowest BCUT2D eigenvalue weighted by Crippen LogP contribution is -2.41. The minimum Gasteiger partial charge on any atom is -0.497 e. The van der Waals surface area contributed by atoms with Gasteiger partial charge in [-0.1, -0.05) is 30.3 Å². The number of nitrogens with zero attached hydrogens (tertiary/aromatic N) is 1. The molecule has 2 aromatic carbocycles. The van der Waals surface area contributed by atoms with Crippen molar-refractivity contribution in [3.05, 3.63) is 59.7 Å². The number of nitrogens with one attached hydrogen (secondary N) is 1. The Morgan fingerprint density at radius 1 is 1.08 bits per heavy atom. The van der Waals surface area contributed by atoms with Gasteiger partial charge in [-0.15, -0.1) is 0 Å². The van der Waals surface area contributed by atoms with Crippen molar-refractivity contribution in [3.8, 4) is 11.5 Å². The van der Waals surface area contributed by atoms with E-state index in [0.29, 0.717) is 11.3 Å². The van der Waals surface area contributed by atoms with E-state index >= 15 is 0 Å². The van der Waals surface area contributed by atoms with Crippen molar-refractivity contribution in [3.63, 3.8) is 0 Å². The summed E-state index contributed by atoms with van der Waals surface area (Å²) in [6.07, 6.45) is 0. The van der Waals surface area contributed by atoms with Crippen molar-refractivity contribution in [1.29, 1.82) is 0 Å². The number of carbonyl (C=O) groups excluding carboxylic acids is 2. The number of ether oxygens (including phenoxy) is 2. The van der Waals surface area contributed by atoms with Gasteiger partial charge in [-0.2, -0.15) is 0 Å². The van der Waals surface area contributed by atoms with Gasteiger partial charge in [0.2, 0.25) is 0 Å². The summed E-state index contributed by atoms with van der Waals surface area (Å²) in [5.41, 5.74) is 0.623. The normalized spacial score (nSPS) is 19.4. The molecule has 1 fully saturated rings. The van der Waals surface area contributed by atoms with Gasteiger partial charge in [0, 0.05) is 0 Å². The largest absolute Gasteiger partial charge is 0.497 e. The molecule has 0 bridgehead atoms. The number of benzene rings is 2. The van der Waals surface area contributed by atoms with E-state index in [4.69, 9.17) is 9.47 Å². The molecule has 6 heteroatoms. The van der Waals surface area contributed by atoms with Crippen molar-refractivity contribution >= 4 is 11.9 Å². The molecule has 1 aliphatic rings. The van der Waals surface area contributed by atoms with Crippen LogP contribution in [0.25, 0.3) is 0 Å². The lowest BCUT2D eigenvalue weighted by Gasteiger charge is -2.22. The number of hydrogen-bond acceptors (Lipinski definition) is 4. The molecule has 0 saturated carbocycles. The summed E-state index contributed by atoms with van der Waals surface area (Å²) in [7, 11) is 1.58. The van der Waals surface area contributed by atoms with E-state index in [1.807, 2.05) is 31.2 Å². The molecule has 6 nitrogen and oxygen atoms in total. The van der Waals surface area contributed by atoms with Crippen LogP contribution in [0.3, 0.4) is 0 Å². The second-order valence-corrected chi connectivity index (χ2v) is 6.35. The number of aryl methyl sites for hydroxylation is 1.